The van der Waals surface area contributed by atoms with Crippen LogP contribution in [0.4, 0.5) is 5.69 Å². The number of piperazine rings is 1. The van der Waals surface area contributed by atoms with Crippen LogP contribution in [-0.2, 0) is 9.59 Å². The molecule has 2 aromatic carbocycles. The van der Waals surface area contributed by atoms with E-state index in [4.69, 9.17) is 0 Å². The fourth-order valence-corrected chi connectivity index (χ4v) is 3.71. The van der Waals surface area contributed by atoms with E-state index in [1.54, 1.807) is 0 Å². The van der Waals surface area contributed by atoms with Crippen LogP contribution in [0.15, 0.2) is 54.6 Å². The van der Waals surface area contributed by atoms with Crippen molar-refractivity contribution in [3.8, 4) is 11.1 Å². The molecule has 2 aliphatic rings. The van der Waals surface area contributed by atoms with Gasteiger partial charge in [0.15, 0.2) is 0 Å². The zero-order chi connectivity index (χ0) is 19.3. The molecule has 2 fully saturated rings. The van der Waals surface area contributed by atoms with Crippen molar-refractivity contribution < 1.29 is 9.59 Å². The monoisotopic (exact) mass is 377 g/mol. The molecule has 5 heteroatoms. The average molecular weight is 377 g/mol. The fourth-order valence-electron chi connectivity index (χ4n) is 3.71. The molecule has 1 N–H and O–H groups in total. The molecule has 2 aromatic rings. The molecule has 0 radical (unpaired) electrons. The van der Waals surface area contributed by atoms with Crippen LogP contribution in [0, 0.1) is 5.92 Å². The highest BCUT2D eigenvalue weighted by Crippen LogP contribution is 2.31. The van der Waals surface area contributed by atoms with Crippen LogP contribution in [0.3, 0.4) is 0 Å². The summed E-state index contributed by atoms with van der Waals surface area (Å²) in [7, 11) is 0. The zero-order valence-corrected chi connectivity index (χ0v) is 16.1. The fraction of sp³-hybridized carbons (Fsp3) is 0.391. The Morgan fingerprint density at radius 1 is 0.893 bits per heavy atom. The van der Waals surface area contributed by atoms with Crippen molar-refractivity contribution in [1.82, 2.24) is 9.80 Å². The summed E-state index contributed by atoms with van der Waals surface area (Å²) in [6, 6.07) is 18.0. The topological polar surface area (TPSA) is 52.7 Å². The van der Waals surface area contributed by atoms with Gasteiger partial charge in [0.1, 0.15) is 0 Å². The van der Waals surface area contributed by atoms with Gasteiger partial charge in [-0.05, 0) is 24.5 Å². The summed E-state index contributed by atoms with van der Waals surface area (Å²) in [5.74, 6) is 0.650. The number of benzene rings is 2. The largest absolute Gasteiger partial charge is 0.340 e. The first-order chi connectivity index (χ1) is 13.7. The van der Waals surface area contributed by atoms with Gasteiger partial charge < -0.3 is 10.2 Å². The normalized spacial score (nSPS) is 17.4. The van der Waals surface area contributed by atoms with E-state index in [1.807, 2.05) is 59.5 Å². The second-order valence-electron chi connectivity index (χ2n) is 7.65. The Kier molecular flexibility index (Phi) is 5.72. The lowest BCUT2D eigenvalue weighted by Gasteiger charge is -2.34. The molecule has 1 heterocycles. The molecule has 0 atom stereocenters. The number of carbonyl (C=O) groups is 2. The molecule has 0 unspecified atom stereocenters. The van der Waals surface area contributed by atoms with Crippen LogP contribution >= 0.6 is 0 Å². The van der Waals surface area contributed by atoms with Crippen molar-refractivity contribution in [3.05, 3.63) is 54.6 Å². The summed E-state index contributed by atoms with van der Waals surface area (Å²) in [6.45, 7) is 4.01. The van der Waals surface area contributed by atoms with E-state index in [2.05, 4.69) is 10.2 Å². The van der Waals surface area contributed by atoms with Crippen LogP contribution in [0.2, 0.25) is 0 Å². The van der Waals surface area contributed by atoms with Crippen molar-refractivity contribution in [2.24, 2.45) is 5.92 Å². The molecule has 1 aliphatic carbocycles. The second-order valence-corrected chi connectivity index (χ2v) is 7.65. The van der Waals surface area contributed by atoms with E-state index in [-0.39, 0.29) is 5.91 Å². The molecule has 146 valence electrons. The van der Waals surface area contributed by atoms with E-state index in [1.165, 1.54) is 0 Å². The first-order valence-electron chi connectivity index (χ1n) is 10.2. The lowest BCUT2D eigenvalue weighted by Crippen LogP contribution is -2.49. The molecule has 0 aromatic heterocycles. The van der Waals surface area contributed by atoms with Crippen LogP contribution in [0.5, 0.6) is 0 Å². The molecule has 4 rings (SSSR count). The third kappa shape index (κ3) is 4.60. The first kappa shape index (κ1) is 18.7. The molecule has 1 aliphatic heterocycles. The average Bonchev–Trinajstić information content (AvgIpc) is 3.59. The number of para-hydroxylation sites is 1. The van der Waals surface area contributed by atoms with Gasteiger partial charge in [-0.15, -0.1) is 0 Å². The Bertz CT molecular complexity index is 825. The van der Waals surface area contributed by atoms with Gasteiger partial charge in [0.05, 0.1) is 0 Å². The van der Waals surface area contributed by atoms with Gasteiger partial charge in [0, 0.05) is 56.3 Å². The minimum atomic E-state index is 0.0277. The maximum atomic E-state index is 12.5. The summed E-state index contributed by atoms with van der Waals surface area (Å²) in [4.78, 5) is 28.9. The second kappa shape index (κ2) is 8.57. The van der Waals surface area contributed by atoms with Gasteiger partial charge in [-0.2, -0.15) is 0 Å². The zero-order valence-electron chi connectivity index (χ0n) is 16.1. The summed E-state index contributed by atoms with van der Waals surface area (Å²) in [6.07, 6.45) is 2.58. The first-order valence-corrected chi connectivity index (χ1v) is 10.2. The molecular formula is C23H27N3O2. The highest BCUT2D eigenvalue weighted by molar-refractivity contribution is 5.95. The molecule has 0 bridgehead atoms. The van der Waals surface area contributed by atoms with Gasteiger partial charge in [0.2, 0.25) is 11.8 Å². The highest BCUT2D eigenvalue weighted by atomic mass is 16.2. The number of nitrogens with one attached hydrogen (secondary N) is 1. The van der Waals surface area contributed by atoms with Gasteiger partial charge in [-0.1, -0.05) is 48.5 Å². The van der Waals surface area contributed by atoms with E-state index < -0.39 is 0 Å². The SMILES string of the molecule is O=C(CCN1CCN(C(=O)C2CC2)CC1)Nc1ccccc1-c1ccccc1. The Morgan fingerprint density at radius 2 is 1.57 bits per heavy atom. The maximum absolute atomic E-state index is 12.5. The summed E-state index contributed by atoms with van der Waals surface area (Å²) < 4.78 is 0. The molecule has 5 nitrogen and oxygen atoms in total. The number of hydrogen-bond donors (Lipinski definition) is 1. The van der Waals surface area contributed by atoms with Gasteiger partial charge >= 0.3 is 0 Å². The summed E-state index contributed by atoms with van der Waals surface area (Å²) in [5, 5.41) is 3.07. The van der Waals surface area contributed by atoms with E-state index >= 15 is 0 Å². The number of anilines is 1. The highest BCUT2D eigenvalue weighted by Gasteiger charge is 2.34. The molecule has 0 spiro atoms. The van der Waals surface area contributed by atoms with E-state index in [9.17, 15) is 9.59 Å². The minimum absolute atomic E-state index is 0.0277. The van der Waals surface area contributed by atoms with Crippen LogP contribution in [0.1, 0.15) is 19.3 Å². The molecule has 28 heavy (non-hydrogen) atoms. The Balaban J connectivity index is 1.27. The summed E-state index contributed by atoms with van der Waals surface area (Å²) >= 11 is 0. The van der Waals surface area contributed by atoms with Gasteiger partial charge in [-0.3, -0.25) is 14.5 Å². The summed E-state index contributed by atoms with van der Waals surface area (Å²) in [5.41, 5.74) is 2.97. The van der Waals surface area contributed by atoms with Crippen molar-refractivity contribution in [1.29, 1.82) is 0 Å². The lowest BCUT2D eigenvalue weighted by molar-refractivity contribution is -0.134. The Labute approximate surface area is 166 Å². The number of nitrogens with zero attached hydrogens (tertiary/aromatic N) is 2. The van der Waals surface area contributed by atoms with Crippen LogP contribution < -0.4 is 5.32 Å². The van der Waals surface area contributed by atoms with Crippen molar-refractivity contribution in [2.75, 3.05) is 38.0 Å². The van der Waals surface area contributed by atoms with Gasteiger partial charge in [-0.25, -0.2) is 0 Å². The maximum Gasteiger partial charge on any atom is 0.225 e. The van der Waals surface area contributed by atoms with Gasteiger partial charge in [0.25, 0.3) is 0 Å². The minimum Gasteiger partial charge on any atom is -0.340 e. The van der Waals surface area contributed by atoms with Crippen molar-refractivity contribution in [2.45, 2.75) is 19.3 Å². The third-order valence-corrected chi connectivity index (χ3v) is 5.55. The predicted molar refractivity (Wildman–Crippen MR) is 111 cm³/mol. The van der Waals surface area contributed by atoms with E-state index in [0.29, 0.717) is 18.2 Å². The Hall–Kier alpha value is -2.66. The standard InChI is InChI=1S/C23H27N3O2/c27-22(12-13-25-14-16-26(17-15-25)23(28)19-10-11-19)24-21-9-5-4-8-20(21)18-6-2-1-3-7-18/h1-9,19H,10-17H2,(H,24,27). The van der Waals surface area contributed by atoms with Crippen molar-refractivity contribution in [3.63, 3.8) is 0 Å². The van der Waals surface area contributed by atoms with E-state index in [0.717, 1.165) is 62.4 Å². The molecule has 2 amide bonds. The van der Waals surface area contributed by atoms with Crippen molar-refractivity contribution >= 4 is 17.5 Å². The molecular weight excluding hydrogens is 350 g/mol. The number of carbonyl (C=O) groups excluding carboxylic acids is 2. The smallest absolute Gasteiger partial charge is 0.225 e. The van der Waals surface area contributed by atoms with Crippen LogP contribution in [-0.4, -0.2) is 54.3 Å². The molecule has 1 saturated carbocycles. The quantitative estimate of drug-likeness (QED) is 0.841. The number of rotatable bonds is 6. The lowest BCUT2D eigenvalue weighted by atomic mass is 10.0. The number of hydrogen-bond acceptors (Lipinski definition) is 3. The Morgan fingerprint density at radius 3 is 2.29 bits per heavy atom. The third-order valence-electron chi connectivity index (χ3n) is 5.55. The van der Waals surface area contributed by atoms with Crippen LogP contribution in [0.25, 0.3) is 11.1 Å². The molecule has 1 saturated heterocycles. The predicted octanol–water partition coefficient (Wildman–Crippen LogP) is 3.24. The number of amides is 2.